The third-order valence-electron chi connectivity index (χ3n) is 3.33. The highest BCUT2D eigenvalue weighted by molar-refractivity contribution is 5.23. The smallest absolute Gasteiger partial charge is 0.127 e. The Kier molecular flexibility index (Phi) is 6.96. The van der Waals surface area contributed by atoms with Crippen LogP contribution in [0.3, 0.4) is 0 Å². The zero-order valence-electron chi connectivity index (χ0n) is 11.9. The third-order valence-corrected chi connectivity index (χ3v) is 3.33. The fourth-order valence-electron chi connectivity index (χ4n) is 2.24. The molecule has 0 radical (unpaired) electrons. The Bertz CT molecular complexity index is 349. The summed E-state index contributed by atoms with van der Waals surface area (Å²) in [6.07, 6.45) is 6.01. The van der Waals surface area contributed by atoms with Crippen LogP contribution in [-0.4, -0.2) is 6.04 Å². The Hall–Kier alpha value is -0.890. The first kappa shape index (κ1) is 15.2. The van der Waals surface area contributed by atoms with E-state index in [2.05, 4.69) is 19.2 Å². The van der Waals surface area contributed by atoms with Crippen LogP contribution in [0, 0.1) is 12.7 Å². The van der Waals surface area contributed by atoms with Crippen LogP contribution in [-0.2, 0) is 6.54 Å². The van der Waals surface area contributed by atoms with Gasteiger partial charge in [-0.3, -0.25) is 0 Å². The fraction of sp³-hybridized carbons (Fsp3) is 0.625. The van der Waals surface area contributed by atoms with Gasteiger partial charge >= 0.3 is 0 Å². The van der Waals surface area contributed by atoms with Crippen LogP contribution in [0.4, 0.5) is 4.39 Å². The van der Waals surface area contributed by atoms with Crippen molar-refractivity contribution in [2.24, 2.45) is 0 Å². The molecular weight excluding hydrogens is 225 g/mol. The van der Waals surface area contributed by atoms with Gasteiger partial charge in [0.05, 0.1) is 0 Å². The number of nitrogens with one attached hydrogen (secondary N) is 1. The quantitative estimate of drug-likeness (QED) is 0.713. The van der Waals surface area contributed by atoms with E-state index in [0.29, 0.717) is 12.6 Å². The molecule has 0 fully saturated rings. The standard InChI is InChI=1S/C16H26FN/c1-4-6-8-15(7-5-2)18-12-14-11-13(3)9-10-16(14)17/h9-11,15,18H,4-8,12H2,1-3H3. The van der Waals surface area contributed by atoms with Crippen LogP contribution in [0.5, 0.6) is 0 Å². The summed E-state index contributed by atoms with van der Waals surface area (Å²) in [5.74, 6) is -0.0983. The van der Waals surface area contributed by atoms with Crippen LogP contribution in [0.25, 0.3) is 0 Å². The van der Waals surface area contributed by atoms with Crippen LogP contribution >= 0.6 is 0 Å². The minimum absolute atomic E-state index is 0.0983. The molecule has 0 aromatic heterocycles. The van der Waals surface area contributed by atoms with Crippen molar-refractivity contribution < 1.29 is 4.39 Å². The van der Waals surface area contributed by atoms with E-state index in [1.807, 2.05) is 19.1 Å². The average molecular weight is 251 g/mol. The first-order valence-corrected chi connectivity index (χ1v) is 7.15. The van der Waals surface area contributed by atoms with E-state index in [1.165, 1.54) is 32.1 Å². The van der Waals surface area contributed by atoms with Crippen molar-refractivity contribution >= 4 is 0 Å². The first-order chi connectivity index (χ1) is 8.67. The van der Waals surface area contributed by atoms with E-state index in [1.54, 1.807) is 6.07 Å². The lowest BCUT2D eigenvalue weighted by Gasteiger charge is -2.18. The van der Waals surface area contributed by atoms with Crippen molar-refractivity contribution in [2.45, 2.75) is 65.5 Å². The highest BCUT2D eigenvalue weighted by atomic mass is 19.1. The summed E-state index contributed by atoms with van der Waals surface area (Å²) in [5.41, 5.74) is 1.90. The molecule has 0 aliphatic rings. The highest BCUT2D eigenvalue weighted by Crippen LogP contribution is 2.12. The van der Waals surface area contributed by atoms with Gasteiger partial charge in [-0.2, -0.15) is 0 Å². The van der Waals surface area contributed by atoms with E-state index in [-0.39, 0.29) is 5.82 Å². The van der Waals surface area contributed by atoms with Crippen LogP contribution in [0.2, 0.25) is 0 Å². The monoisotopic (exact) mass is 251 g/mol. The third kappa shape index (κ3) is 5.18. The zero-order valence-corrected chi connectivity index (χ0v) is 11.9. The Morgan fingerprint density at radius 1 is 1.17 bits per heavy atom. The van der Waals surface area contributed by atoms with Crippen LogP contribution in [0.15, 0.2) is 18.2 Å². The lowest BCUT2D eigenvalue weighted by molar-refractivity contribution is 0.429. The number of benzene rings is 1. The molecule has 0 saturated heterocycles. The molecule has 1 aromatic carbocycles. The maximum absolute atomic E-state index is 13.6. The minimum Gasteiger partial charge on any atom is -0.310 e. The summed E-state index contributed by atoms with van der Waals surface area (Å²) in [4.78, 5) is 0. The van der Waals surface area contributed by atoms with Crippen molar-refractivity contribution in [3.8, 4) is 0 Å². The predicted octanol–water partition coefficient (Wildman–Crippen LogP) is 4.58. The van der Waals surface area contributed by atoms with Gasteiger partial charge in [0.25, 0.3) is 0 Å². The van der Waals surface area contributed by atoms with E-state index in [0.717, 1.165) is 11.1 Å². The van der Waals surface area contributed by atoms with Gasteiger partial charge in [-0.25, -0.2) is 4.39 Å². The molecule has 2 heteroatoms. The van der Waals surface area contributed by atoms with Crippen molar-refractivity contribution in [3.63, 3.8) is 0 Å². The van der Waals surface area contributed by atoms with Gasteiger partial charge in [0, 0.05) is 18.2 Å². The minimum atomic E-state index is -0.0983. The molecule has 102 valence electrons. The molecule has 1 rings (SSSR count). The van der Waals surface area contributed by atoms with Crippen molar-refractivity contribution in [1.29, 1.82) is 0 Å². The zero-order chi connectivity index (χ0) is 13.4. The van der Waals surface area contributed by atoms with E-state index in [4.69, 9.17) is 0 Å². The van der Waals surface area contributed by atoms with E-state index in [9.17, 15) is 4.39 Å². The number of aryl methyl sites for hydroxylation is 1. The fourth-order valence-corrected chi connectivity index (χ4v) is 2.24. The average Bonchev–Trinajstić information content (AvgIpc) is 2.36. The molecule has 0 amide bonds. The second kappa shape index (κ2) is 8.25. The molecule has 0 bridgehead atoms. The molecule has 0 saturated carbocycles. The van der Waals surface area contributed by atoms with Gasteiger partial charge < -0.3 is 5.32 Å². The van der Waals surface area contributed by atoms with Gasteiger partial charge in [-0.05, 0) is 25.8 Å². The Labute approximate surface area is 111 Å². The second-order valence-corrected chi connectivity index (χ2v) is 5.10. The summed E-state index contributed by atoms with van der Waals surface area (Å²) in [7, 11) is 0. The number of hydrogen-bond donors (Lipinski definition) is 1. The summed E-state index contributed by atoms with van der Waals surface area (Å²) in [6, 6.07) is 5.84. The van der Waals surface area contributed by atoms with E-state index < -0.39 is 0 Å². The first-order valence-electron chi connectivity index (χ1n) is 7.15. The summed E-state index contributed by atoms with van der Waals surface area (Å²) in [6.45, 7) is 7.06. The molecule has 1 aromatic rings. The maximum atomic E-state index is 13.6. The number of hydrogen-bond acceptors (Lipinski definition) is 1. The largest absolute Gasteiger partial charge is 0.310 e. The van der Waals surface area contributed by atoms with Crippen molar-refractivity contribution in [2.75, 3.05) is 0 Å². The maximum Gasteiger partial charge on any atom is 0.127 e. The Morgan fingerprint density at radius 3 is 2.61 bits per heavy atom. The number of unbranched alkanes of at least 4 members (excludes halogenated alkanes) is 1. The molecule has 0 aliphatic carbocycles. The molecule has 1 unspecified atom stereocenters. The predicted molar refractivity (Wildman–Crippen MR) is 76.2 cm³/mol. The SMILES string of the molecule is CCCCC(CCC)NCc1cc(C)ccc1F. The summed E-state index contributed by atoms with van der Waals surface area (Å²) >= 11 is 0. The normalized spacial score (nSPS) is 12.7. The lowest BCUT2D eigenvalue weighted by atomic mass is 10.0. The molecule has 1 N–H and O–H groups in total. The topological polar surface area (TPSA) is 12.0 Å². The highest BCUT2D eigenvalue weighted by Gasteiger charge is 2.08. The van der Waals surface area contributed by atoms with Gasteiger partial charge in [0.1, 0.15) is 5.82 Å². The van der Waals surface area contributed by atoms with E-state index >= 15 is 0 Å². The van der Waals surface area contributed by atoms with Crippen molar-refractivity contribution in [1.82, 2.24) is 5.32 Å². The molecule has 0 aliphatic heterocycles. The van der Waals surface area contributed by atoms with Gasteiger partial charge in [0.15, 0.2) is 0 Å². The summed E-state index contributed by atoms with van der Waals surface area (Å²) in [5, 5.41) is 3.50. The molecule has 0 spiro atoms. The summed E-state index contributed by atoms with van der Waals surface area (Å²) < 4.78 is 13.6. The van der Waals surface area contributed by atoms with Crippen molar-refractivity contribution in [3.05, 3.63) is 35.1 Å². The van der Waals surface area contributed by atoms with Gasteiger partial charge in [-0.1, -0.05) is 50.8 Å². The second-order valence-electron chi connectivity index (χ2n) is 5.10. The van der Waals surface area contributed by atoms with Gasteiger partial charge in [0.2, 0.25) is 0 Å². The van der Waals surface area contributed by atoms with Gasteiger partial charge in [-0.15, -0.1) is 0 Å². The molecule has 1 nitrogen and oxygen atoms in total. The molecule has 18 heavy (non-hydrogen) atoms. The van der Waals surface area contributed by atoms with Crippen LogP contribution in [0.1, 0.15) is 57.1 Å². The lowest BCUT2D eigenvalue weighted by Crippen LogP contribution is -2.28. The Morgan fingerprint density at radius 2 is 1.94 bits per heavy atom. The van der Waals surface area contributed by atoms with Crippen LogP contribution < -0.4 is 5.32 Å². The number of halogens is 1. The Balaban J connectivity index is 2.52. The molecule has 0 heterocycles. The molecule has 1 atom stereocenters. The molecular formula is C16H26FN. The number of rotatable bonds is 8.